The molecule has 1 fully saturated rings. The molecule has 1 aromatic heterocycles. The van der Waals surface area contributed by atoms with E-state index < -0.39 is 0 Å². The average Bonchev–Trinajstić information content (AvgIpc) is 2.92. The standard InChI is InChI=1S/C15H19N3O3S2/c1-3-10-8(2)16-15-18(13(10)20)6-9(7-23-15)12(19)17-11-4-5-22-14(11)21/h9,11H,3-7H2,1-2H3,(H,17,19). The van der Waals surface area contributed by atoms with Gasteiger partial charge in [0.15, 0.2) is 5.16 Å². The first-order valence-corrected chi connectivity index (χ1v) is 9.68. The summed E-state index contributed by atoms with van der Waals surface area (Å²) in [5.41, 5.74) is 1.43. The third-order valence-electron chi connectivity index (χ3n) is 4.23. The molecule has 1 saturated heterocycles. The number of thioether (sulfide) groups is 2. The minimum atomic E-state index is -0.377. The molecule has 3 rings (SSSR count). The minimum Gasteiger partial charge on any atom is -0.345 e. The Labute approximate surface area is 142 Å². The van der Waals surface area contributed by atoms with Crippen molar-refractivity contribution in [1.29, 1.82) is 0 Å². The molecule has 124 valence electrons. The molecule has 2 aliphatic heterocycles. The molecule has 0 aliphatic carbocycles. The van der Waals surface area contributed by atoms with Crippen LogP contribution in [0.25, 0.3) is 0 Å². The molecule has 2 unspecified atom stereocenters. The van der Waals surface area contributed by atoms with E-state index in [2.05, 4.69) is 10.3 Å². The van der Waals surface area contributed by atoms with Crippen molar-refractivity contribution in [1.82, 2.24) is 14.9 Å². The van der Waals surface area contributed by atoms with E-state index in [0.29, 0.717) is 35.9 Å². The van der Waals surface area contributed by atoms with E-state index in [0.717, 1.165) is 11.4 Å². The molecule has 2 atom stereocenters. The number of hydrogen-bond acceptors (Lipinski definition) is 6. The van der Waals surface area contributed by atoms with Crippen molar-refractivity contribution in [3.63, 3.8) is 0 Å². The second-order valence-corrected chi connectivity index (χ2v) is 7.84. The highest BCUT2D eigenvalue weighted by Crippen LogP contribution is 2.27. The summed E-state index contributed by atoms with van der Waals surface area (Å²) in [6, 6.07) is -0.377. The molecule has 1 aromatic rings. The second-order valence-electron chi connectivity index (χ2n) is 5.75. The predicted octanol–water partition coefficient (Wildman–Crippen LogP) is 0.984. The minimum absolute atomic E-state index is 0.0324. The molecule has 23 heavy (non-hydrogen) atoms. The van der Waals surface area contributed by atoms with Crippen LogP contribution < -0.4 is 10.9 Å². The molecule has 0 aromatic carbocycles. The molecule has 3 heterocycles. The van der Waals surface area contributed by atoms with Gasteiger partial charge in [-0.15, -0.1) is 0 Å². The first-order chi connectivity index (χ1) is 11.0. The lowest BCUT2D eigenvalue weighted by Gasteiger charge is -2.26. The lowest BCUT2D eigenvalue weighted by molar-refractivity contribution is -0.127. The number of aryl methyl sites for hydroxylation is 1. The first kappa shape index (κ1) is 16.6. The molecule has 6 nitrogen and oxygen atoms in total. The molecule has 1 amide bonds. The number of carbonyl (C=O) groups excluding carboxylic acids is 2. The number of amides is 1. The summed E-state index contributed by atoms with van der Waals surface area (Å²) >= 11 is 2.70. The van der Waals surface area contributed by atoms with E-state index in [1.807, 2.05) is 13.8 Å². The van der Waals surface area contributed by atoms with Crippen molar-refractivity contribution in [3.8, 4) is 0 Å². The number of rotatable bonds is 3. The Morgan fingerprint density at radius 1 is 1.39 bits per heavy atom. The van der Waals surface area contributed by atoms with Gasteiger partial charge in [0.25, 0.3) is 5.56 Å². The van der Waals surface area contributed by atoms with E-state index >= 15 is 0 Å². The van der Waals surface area contributed by atoms with Crippen LogP contribution in [0.4, 0.5) is 0 Å². The fourth-order valence-corrected chi connectivity index (χ4v) is 4.93. The van der Waals surface area contributed by atoms with E-state index in [1.165, 1.54) is 23.5 Å². The number of aromatic nitrogens is 2. The van der Waals surface area contributed by atoms with E-state index in [9.17, 15) is 14.4 Å². The van der Waals surface area contributed by atoms with Gasteiger partial charge in [-0.25, -0.2) is 4.98 Å². The number of fused-ring (bicyclic) bond motifs is 1. The Morgan fingerprint density at radius 3 is 2.83 bits per heavy atom. The fourth-order valence-electron chi connectivity index (χ4n) is 2.88. The van der Waals surface area contributed by atoms with Crippen LogP contribution in [0.5, 0.6) is 0 Å². The Kier molecular flexibility index (Phi) is 4.82. The highest BCUT2D eigenvalue weighted by atomic mass is 32.2. The van der Waals surface area contributed by atoms with Gasteiger partial charge in [-0.1, -0.05) is 30.4 Å². The Morgan fingerprint density at radius 2 is 2.17 bits per heavy atom. The Bertz CT molecular complexity index is 717. The van der Waals surface area contributed by atoms with Gasteiger partial charge in [0.2, 0.25) is 11.0 Å². The van der Waals surface area contributed by atoms with Crippen LogP contribution in [0, 0.1) is 12.8 Å². The molecule has 0 radical (unpaired) electrons. The van der Waals surface area contributed by atoms with Crippen molar-refractivity contribution in [3.05, 3.63) is 21.6 Å². The van der Waals surface area contributed by atoms with Gasteiger partial charge in [-0.3, -0.25) is 19.0 Å². The number of carbonyl (C=O) groups is 2. The molecular formula is C15H19N3O3S2. The second kappa shape index (κ2) is 6.68. The molecule has 0 saturated carbocycles. The first-order valence-electron chi connectivity index (χ1n) is 7.71. The quantitative estimate of drug-likeness (QED) is 0.816. The van der Waals surface area contributed by atoms with Crippen molar-refractivity contribution in [2.24, 2.45) is 5.92 Å². The zero-order chi connectivity index (χ0) is 16.6. The lowest BCUT2D eigenvalue weighted by atomic mass is 10.1. The Balaban J connectivity index is 1.78. The smallest absolute Gasteiger partial charge is 0.257 e. The van der Waals surface area contributed by atoms with Crippen LogP contribution in [0.15, 0.2) is 9.95 Å². The van der Waals surface area contributed by atoms with Gasteiger partial charge >= 0.3 is 0 Å². The van der Waals surface area contributed by atoms with Gasteiger partial charge in [0.05, 0.1) is 12.0 Å². The van der Waals surface area contributed by atoms with E-state index in [-0.39, 0.29) is 28.5 Å². The van der Waals surface area contributed by atoms with Crippen LogP contribution in [-0.2, 0) is 22.6 Å². The summed E-state index contributed by atoms with van der Waals surface area (Å²) in [7, 11) is 0. The van der Waals surface area contributed by atoms with Gasteiger partial charge in [0.1, 0.15) is 0 Å². The monoisotopic (exact) mass is 353 g/mol. The van der Waals surface area contributed by atoms with Crippen LogP contribution in [0.3, 0.4) is 0 Å². The largest absolute Gasteiger partial charge is 0.345 e. The average molecular weight is 353 g/mol. The van der Waals surface area contributed by atoms with Crippen molar-refractivity contribution < 1.29 is 9.59 Å². The lowest BCUT2D eigenvalue weighted by Crippen LogP contribution is -2.45. The normalized spacial score (nSPS) is 23.7. The fraction of sp³-hybridized carbons (Fsp3) is 0.600. The maximum absolute atomic E-state index is 12.6. The van der Waals surface area contributed by atoms with Gasteiger partial charge in [0, 0.05) is 29.3 Å². The highest BCUT2D eigenvalue weighted by molar-refractivity contribution is 8.14. The summed E-state index contributed by atoms with van der Waals surface area (Å²) < 4.78 is 1.61. The van der Waals surface area contributed by atoms with Gasteiger partial charge in [-0.2, -0.15) is 0 Å². The topological polar surface area (TPSA) is 81.1 Å². The van der Waals surface area contributed by atoms with Crippen LogP contribution >= 0.6 is 23.5 Å². The number of nitrogens with one attached hydrogen (secondary N) is 1. The molecule has 0 spiro atoms. The van der Waals surface area contributed by atoms with Crippen LogP contribution in [0.1, 0.15) is 24.6 Å². The van der Waals surface area contributed by atoms with Crippen LogP contribution in [0.2, 0.25) is 0 Å². The molecular weight excluding hydrogens is 334 g/mol. The van der Waals surface area contributed by atoms with Gasteiger partial charge in [-0.05, 0) is 19.8 Å². The summed E-state index contributed by atoms with van der Waals surface area (Å²) in [5.74, 6) is 0.888. The Hall–Kier alpha value is -1.28. The third kappa shape index (κ3) is 3.19. The number of nitrogens with zero attached hydrogens (tertiary/aromatic N) is 2. The summed E-state index contributed by atoms with van der Waals surface area (Å²) in [4.78, 5) is 41.1. The van der Waals surface area contributed by atoms with Crippen LogP contribution in [-0.4, -0.2) is 38.1 Å². The maximum Gasteiger partial charge on any atom is 0.257 e. The van der Waals surface area contributed by atoms with E-state index in [4.69, 9.17) is 0 Å². The van der Waals surface area contributed by atoms with Gasteiger partial charge < -0.3 is 5.32 Å². The molecule has 0 bridgehead atoms. The highest BCUT2D eigenvalue weighted by Gasteiger charge is 2.32. The summed E-state index contributed by atoms with van der Waals surface area (Å²) in [6.07, 6.45) is 1.32. The maximum atomic E-state index is 12.6. The third-order valence-corrected chi connectivity index (χ3v) is 6.37. The van der Waals surface area contributed by atoms with E-state index in [1.54, 1.807) is 4.57 Å². The summed E-state index contributed by atoms with van der Waals surface area (Å²) in [5, 5.41) is 3.54. The molecule has 8 heteroatoms. The van der Waals surface area contributed by atoms with Crippen molar-refractivity contribution in [2.45, 2.75) is 44.4 Å². The molecule has 1 N–H and O–H groups in total. The summed E-state index contributed by atoms with van der Waals surface area (Å²) in [6.45, 7) is 4.12. The zero-order valence-corrected chi connectivity index (χ0v) is 14.8. The van der Waals surface area contributed by atoms with Crippen molar-refractivity contribution in [2.75, 3.05) is 11.5 Å². The zero-order valence-electron chi connectivity index (χ0n) is 13.1. The predicted molar refractivity (Wildman–Crippen MR) is 90.8 cm³/mol. The SMILES string of the molecule is CCc1c(C)nc2n(c1=O)CC(C(=O)NC1CCSC1=O)CS2. The van der Waals surface area contributed by atoms with Crippen molar-refractivity contribution >= 4 is 34.5 Å². The number of hydrogen-bond donors (Lipinski definition) is 1. The molecule has 2 aliphatic rings.